The van der Waals surface area contributed by atoms with E-state index in [1.54, 1.807) is 0 Å². The van der Waals surface area contributed by atoms with Crippen molar-refractivity contribution in [1.82, 2.24) is 14.9 Å². The zero-order valence-corrected chi connectivity index (χ0v) is 12.7. The molecule has 3 nitrogen and oxygen atoms in total. The molecule has 1 aromatic heterocycles. The van der Waals surface area contributed by atoms with Crippen LogP contribution in [0.25, 0.3) is 5.69 Å². The van der Waals surface area contributed by atoms with Crippen LogP contribution in [0.1, 0.15) is 25.1 Å². The lowest BCUT2D eigenvalue weighted by atomic mass is 10.0. The number of hydrogen-bond acceptors (Lipinski definition) is 2. The Labute approximate surface area is 116 Å². The number of rotatable bonds is 3. The molecule has 1 N–H and O–H groups in total. The molecule has 0 aliphatic carbocycles. The average Bonchev–Trinajstić information content (AvgIpc) is 2.77. The molecule has 4 heteroatoms. The van der Waals surface area contributed by atoms with Crippen molar-refractivity contribution in [2.24, 2.45) is 0 Å². The first kappa shape index (κ1) is 13.3. The van der Waals surface area contributed by atoms with Crippen molar-refractivity contribution in [2.75, 3.05) is 7.05 Å². The number of aromatic nitrogens is 2. The summed E-state index contributed by atoms with van der Waals surface area (Å²) in [7, 11) is 1.96. The first-order chi connectivity index (χ1) is 8.44. The van der Waals surface area contributed by atoms with Gasteiger partial charge in [0.05, 0.1) is 23.8 Å². The van der Waals surface area contributed by atoms with Crippen LogP contribution in [0.15, 0.2) is 35.2 Å². The molecule has 2 aromatic rings. The number of halogens is 1. The van der Waals surface area contributed by atoms with Gasteiger partial charge in [-0.3, -0.25) is 0 Å². The van der Waals surface area contributed by atoms with Crippen LogP contribution < -0.4 is 5.32 Å². The van der Waals surface area contributed by atoms with Crippen molar-refractivity contribution in [3.63, 3.8) is 0 Å². The van der Waals surface area contributed by atoms with Crippen LogP contribution >= 0.6 is 15.9 Å². The molecule has 0 saturated heterocycles. The maximum atomic E-state index is 4.28. The van der Waals surface area contributed by atoms with E-state index < -0.39 is 0 Å². The fourth-order valence-corrected chi connectivity index (χ4v) is 2.54. The molecule has 0 saturated carbocycles. The zero-order valence-electron chi connectivity index (χ0n) is 11.2. The standard InChI is InChI=1S/C14H18BrN3/c1-10-5-11(15)7-12(6-10)18-9-17-8-13(18)14(2,3)16-4/h5-9,16H,1-4H3. The van der Waals surface area contributed by atoms with Crippen molar-refractivity contribution in [3.05, 3.63) is 46.5 Å². The maximum absolute atomic E-state index is 4.28. The maximum Gasteiger partial charge on any atom is 0.0994 e. The van der Waals surface area contributed by atoms with E-state index in [2.05, 4.69) is 69.8 Å². The Kier molecular flexibility index (Phi) is 3.59. The quantitative estimate of drug-likeness (QED) is 0.942. The number of nitrogens with one attached hydrogen (secondary N) is 1. The fraction of sp³-hybridized carbons (Fsp3) is 0.357. The number of imidazole rings is 1. The van der Waals surface area contributed by atoms with Gasteiger partial charge < -0.3 is 9.88 Å². The molecule has 2 rings (SSSR count). The summed E-state index contributed by atoms with van der Waals surface area (Å²) >= 11 is 3.54. The molecule has 1 heterocycles. The van der Waals surface area contributed by atoms with Gasteiger partial charge >= 0.3 is 0 Å². The highest BCUT2D eigenvalue weighted by atomic mass is 79.9. The third-order valence-electron chi connectivity index (χ3n) is 3.21. The van der Waals surface area contributed by atoms with Gasteiger partial charge in [-0.25, -0.2) is 4.98 Å². The summed E-state index contributed by atoms with van der Waals surface area (Å²) < 4.78 is 3.20. The van der Waals surface area contributed by atoms with E-state index in [-0.39, 0.29) is 5.54 Å². The van der Waals surface area contributed by atoms with E-state index >= 15 is 0 Å². The molecular weight excluding hydrogens is 290 g/mol. The normalized spacial score (nSPS) is 11.8. The number of hydrogen-bond donors (Lipinski definition) is 1. The van der Waals surface area contributed by atoms with Crippen molar-refractivity contribution < 1.29 is 0 Å². The molecule has 0 bridgehead atoms. The van der Waals surface area contributed by atoms with E-state index in [1.807, 2.05) is 19.6 Å². The Morgan fingerprint density at radius 2 is 2.00 bits per heavy atom. The van der Waals surface area contributed by atoms with Crippen molar-refractivity contribution >= 4 is 15.9 Å². The van der Waals surface area contributed by atoms with E-state index in [0.29, 0.717) is 0 Å². The van der Waals surface area contributed by atoms with E-state index in [9.17, 15) is 0 Å². The van der Waals surface area contributed by atoms with E-state index in [4.69, 9.17) is 0 Å². The molecule has 0 unspecified atom stereocenters. The first-order valence-electron chi connectivity index (χ1n) is 5.93. The second-order valence-corrected chi connectivity index (χ2v) is 5.93. The number of nitrogens with zero attached hydrogens (tertiary/aromatic N) is 2. The lowest BCUT2D eigenvalue weighted by molar-refractivity contribution is 0.424. The van der Waals surface area contributed by atoms with Crippen molar-refractivity contribution in [3.8, 4) is 5.69 Å². The third kappa shape index (κ3) is 2.49. The summed E-state index contributed by atoms with van der Waals surface area (Å²) in [4.78, 5) is 4.28. The molecule has 1 aromatic carbocycles. The molecule has 0 amide bonds. The van der Waals surface area contributed by atoms with Crippen molar-refractivity contribution in [1.29, 1.82) is 0 Å². The smallest absolute Gasteiger partial charge is 0.0994 e. The SMILES string of the molecule is CNC(C)(C)c1cncn1-c1cc(C)cc(Br)c1. The molecule has 0 aliphatic rings. The molecule has 0 atom stereocenters. The topological polar surface area (TPSA) is 29.9 Å². The predicted molar refractivity (Wildman–Crippen MR) is 78.1 cm³/mol. The van der Waals surface area contributed by atoms with Gasteiger partial charge in [-0.15, -0.1) is 0 Å². The van der Waals surface area contributed by atoms with Crippen LogP contribution in [0.3, 0.4) is 0 Å². The lowest BCUT2D eigenvalue weighted by Crippen LogP contribution is -2.35. The first-order valence-corrected chi connectivity index (χ1v) is 6.72. The van der Waals surface area contributed by atoms with Crippen LogP contribution in [-0.4, -0.2) is 16.6 Å². The lowest BCUT2D eigenvalue weighted by Gasteiger charge is -2.25. The van der Waals surface area contributed by atoms with Crippen LogP contribution in [0, 0.1) is 6.92 Å². The minimum absolute atomic E-state index is 0.118. The van der Waals surface area contributed by atoms with Gasteiger partial charge in [-0.2, -0.15) is 0 Å². The Bertz CT molecular complexity index is 538. The van der Waals surface area contributed by atoms with Crippen LogP contribution in [0.4, 0.5) is 0 Å². The van der Waals surface area contributed by atoms with Gasteiger partial charge in [-0.05, 0) is 51.6 Å². The molecule has 0 spiro atoms. The monoisotopic (exact) mass is 307 g/mol. The number of benzene rings is 1. The summed E-state index contributed by atoms with van der Waals surface area (Å²) in [6, 6.07) is 6.36. The molecule has 0 aliphatic heterocycles. The Morgan fingerprint density at radius 1 is 1.28 bits per heavy atom. The highest BCUT2D eigenvalue weighted by Gasteiger charge is 2.22. The minimum Gasteiger partial charge on any atom is -0.310 e. The van der Waals surface area contributed by atoms with E-state index in [1.165, 1.54) is 5.56 Å². The Morgan fingerprint density at radius 3 is 2.61 bits per heavy atom. The molecule has 0 fully saturated rings. The third-order valence-corrected chi connectivity index (χ3v) is 3.67. The Hall–Kier alpha value is -1.13. The van der Waals surface area contributed by atoms with Gasteiger partial charge in [0.15, 0.2) is 0 Å². The predicted octanol–water partition coefficient (Wildman–Crippen LogP) is 3.40. The highest BCUT2D eigenvalue weighted by molar-refractivity contribution is 9.10. The molecule has 0 radical (unpaired) electrons. The fourth-order valence-electron chi connectivity index (χ4n) is 1.95. The summed E-state index contributed by atoms with van der Waals surface area (Å²) in [6.45, 7) is 6.38. The molecule has 96 valence electrons. The van der Waals surface area contributed by atoms with Gasteiger partial charge in [0.2, 0.25) is 0 Å². The van der Waals surface area contributed by atoms with Crippen LogP contribution in [0.5, 0.6) is 0 Å². The second kappa shape index (κ2) is 4.86. The number of aryl methyl sites for hydroxylation is 1. The summed E-state index contributed by atoms with van der Waals surface area (Å²) in [5.41, 5.74) is 3.37. The largest absolute Gasteiger partial charge is 0.310 e. The van der Waals surface area contributed by atoms with Gasteiger partial charge in [0.1, 0.15) is 0 Å². The van der Waals surface area contributed by atoms with E-state index in [0.717, 1.165) is 15.9 Å². The summed E-state index contributed by atoms with van der Waals surface area (Å²) in [5.74, 6) is 0. The minimum atomic E-state index is -0.118. The summed E-state index contributed by atoms with van der Waals surface area (Å²) in [5, 5.41) is 3.31. The highest BCUT2D eigenvalue weighted by Crippen LogP contribution is 2.25. The molecular formula is C14H18BrN3. The van der Waals surface area contributed by atoms with Crippen LogP contribution in [-0.2, 0) is 5.54 Å². The van der Waals surface area contributed by atoms with Gasteiger partial charge in [-0.1, -0.05) is 15.9 Å². The van der Waals surface area contributed by atoms with Crippen LogP contribution in [0.2, 0.25) is 0 Å². The van der Waals surface area contributed by atoms with Crippen molar-refractivity contribution in [2.45, 2.75) is 26.3 Å². The zero-order chi connectivity index (χ0) is 13.3. The Balaban J connectivity index is 2.55. The average molecular weight is 308 g/mol. The molecule has 18 heavy (non-hydrogen) atoms. The summed E-state index contributed by atoms with van der Waals surface area (Å²) in [6.07, 6.45) is 3.77. The second-order valence-electron chi connectivity index (χ2n) is 5.01. The van der Waals surface area contributed by atoms with Gasteiger partial charge in [0.25, 0.3) is 0 Å². The van der Waals surface area contributed by atoms with Gasteiger partial charge in [0, 0.05) is 10.2 Å².